The van der Waals surface area contributed by atoms with Crippen LogP contribution in [0.2, 0.25) is 0 Å². The smallest absolute Gasteiger partial charge is 0.222 e. The highest BCUT2D eigenvalue weighted by Gasteiger charge is 2.13. The number of carbonyl (C=O) groups excluding carboxylic acids is 1. The molecule has 4 heteroatoms. The maximum Gasteiger partial charge on any atom is 0.222 e. The molecule has 0 saturated heterocycles. The highest BCUT2D eigenvalue weighted by atomic mass is 16.2. The molecular formula is C22H29N3O. The average Bonchev–Trinajstić information content (AvgIpc) is 3.04. The third-order valence-corrected chi connectivity index (χ3v) is 4.96. The van der Waals surface area contributed by atoms with E-state index in [-0.39, 0.29) is 5.91 Å². The van der Waals surface area contributed by atoms with Gasteiger partial charge < -0.3 is 9.88 Å². The monoisotopic (exact) mass is 351 g/mol. The summed E-state index contributed by atoms with van der Waals surface area (Å²) in [5.74, 6) is 0.257. The summed E-state index contributed by atoms with van der Waals surface area (Å²) in [6, 6.07) is 10.4. The number of benzene rings is 1. The Morgan fingerprint density at radius 3 is 2.50 bits per heavy atom. The van der Waals surface area contributed by atoms with Gasteiger partial charge >= 0.3 is 0 Å². The van der Waals surface area contributed by atoms with Gasteiger partial charge in [0.05, 0.1) is 11.7 Å². The second-order valence-corrected chi connectivity index (χ2v) is 6.98. The van der Waals surface area contributed by atoms with Crippen molar-refractivity contribution in [3.63, 3.8) is 0 Å². The molecule has 0 unspecified atom stereocenters. The van der Waals surface area contributed by atoms with E-state index in [1.54, 1.807) is 0 Å². The molecule has 1 N–H and O–H groups in total. The number of nitrogens with zero attached hydrogens (tertiary/aromatic N) is 2. The van der Waals surface area contributed by atoms with Gasteiger partial charge in [-0.25, -0.2) is 0 Å². The van der Waals surface area contributed by atoms with E-state index in [4.69, 9.17) is 0 Å². The Balaban J connectivity index is 1.69. The molecule has 0 aliphatic rings. The highest BCUT2D eigenvalue weighted by molar-refractivity contribution is 6.06. The fourth-order valence-corrected chi connectivity index (χ4v) is 3.38. The quantitative estimate of drug-likeness (QED) is 0.584. The Morgan fingerprint density at radius 2 is 1.77 bits per heavy atom. The Hall–Kier alpha value is -2.36. The summed E-state index contributed by atoms with van der Waals surface area (Å²) in [4.78, 5) is 22.6. The molecule has 2 aromatic heterocycles. The molecule has 3 rings (SSSR count). The second-order valence-electron chi connectivity index (χ2n) is 6.98. The normalized spacial score (nSPS) is 11.3. The van der Waals surface area contributed by atoms with Crippen LogP contribution in [0.1, 0.15) is 51.6 Å². The minimum absolute atomic E-state index is 0.257. The third-order valence-electron chi connectivity index (χ3n) is 4.96. The Morgan fingerprint density at radius 1 is 1.04 bits per heavy atom. The SMILES string of the molecule is CCCCN(CCCC)C(=O)CCc1cc2c(cn1)[nH]c1ccccc12. The Kier molecular flexibility index (Phi) is 6.26. The van der Waals surface area contributed by atoms with E-state index < -0.39 is 0 Å². The fraction of sp³-hybridized carbons (Fsp3) is 0.455. The molecule has 1 amide bonds. The van der Waals surface area contributed by atoms with Gasteiger partial charge in [0, 0.05) is 41.5 Å². The highest BCUT2D eigenvalue weighted by Crippen LogP contribution is 2.25. The molecule has 0 aliphatic carbocycles. The van der Waals surface area contributed by atoms with E-state index in [9.17, 15) is 4.79 Å². The number of fused-ring (bicyclic) bond motifs is 3. The van der Waals surface area contributed by atoms with Crippen molar-refractivity contribution in [2.24, 2.45) is 0 Å². The summed E-state index contributed by atoms with van der Waals surface area (Å²) >= 11 is 0. The van der Waals surface area contributed by atoms with Gasteiger partial charge in [-0.05, 0) is 31.4 Å². The number of unbranched alkanes of at least 4 members (excludes halogenated alkanes) is 2. The largest absolute Gasteiger partial charge is 0.353 e. The fourth-order valence-electron chi connectivity index (χ4n) is 3.38. The number of hydrogen-bond donors (Lipinski definition) is 1. The number of hydrogen-bond acceptors (Lipinski definition) is 2. The summed E-state index contributed by atoms with van der Waals surface area (Å²) < 4.78 is 0. The van der Waals surface area contributed by atoms with Gasteiger partial charge in [0.15, 0.2) is 0 Å². The van der Waals surface area contributed by atoms with Crippen LogP contribution in [0.25, 0.3) is 21.8 Å². The van der Waals surface area contributed by atoms with E-state index in [0.717, 1.165) is 55.5 Å². The topological polar surface area (TPSA) is 49.0 Å². The van der Waals surface area contributed by atoms with Gasteiger partial charge in [-0.15, -0.1) is 0 Å². The van der Waals surface area contributed by atoms with Crippen molar-refractivity contribution in [2.45, 2.75) is 52.4 Å². The lowest BCUT2D eigenvalue weighted by atomic mass is 10.1. The molecule has 1 aromatic carbocycles. The third kappa shape index (κ3) is 4.24. The van der Waals surface area contributed by atoms with Crippen molar-refractivity contribution < 1.29 is 4.79 Å². The molecule has 0 saturated carbocycles. The number of H-pyrrole nitrogens is 1. The lowest BCUT2D eigenvalue weighted by Gasteiger charge is -2.22. The number of carbonyl (C=O) groups is 1. The standard InChI is InChI=1S/C22H29N3O/c1-3-5-13-25(14-6-4-2)22(26)12-11-17-15-19-18-9-7-8-10-20(18)24-21(19)16-23-17/h7-10,15-16,24H,3-6,11-14H2,1-2H3. The molecule has 0 atom stereocenters. The van der Waals surface area contributed by atoms with Crippen molar-refractivity contribution in [3.05, 3.63) is 42.2 Å². The number of nitrogens with one attached hydrogen (secondary N) is 1. The van der Waals surface area contributed by atoms with Crippen LogP contribution in [0, 0.1) is 0 Å². The molecule has 0 bridgehead atoms. The van der Waals surface area contributed by atoms with Gasteiger partial charge in [0.1, 0.15) is 0 Å². The number of aromatic amines is 1. The molecule has 3 aromatic rings. The zero-order valence-corrected chi connectivity index (χ0v) is 15.9. The summed E-state index contributed by atoms with van der Waals surface area (Å²) in [7, 11) is 0. The molecule has 4 nitrogen and oxygen atoms in total. The maximum atomic E-state index is 12.6. The minimum atomic E-state index is 0.257. The number of rotatable bonds is 9. The summed E-state index contributed by atoms with van der Waals surface area (Å²) in [6.07, 6.45) is 7.52. The number of pyridine rings is 1. The first-order chi connectivity index (χ1) is 12.7. The van der Waals surface area contributed by atoms with Crippen LogP contribution in [0.15, 0.2) is 36.5 Å². The lowest BCUT2D eigenvalue weighted by Crippen LogP contribution is -2.33. The summed E-state index contributed by atoms with van der Waals surface area (Å²) in [5.41, 5.74) is 3.16. The van der Waals surface area contributed by atoms with Crippen LogP contribution in [-0.4, -0.2) is 33.9 Å². The first kappa shape index (κ1) is 18.4. The van der Waals surface area contributed by atoms with Crippen LogP contribution in [-0.2, 0) is 11.2 Å². The average molecular weight is 351 g/mol. The summed E-state index contributed by atoms with van der Waals surface area (Å²) in [6.45, 7) is 6.10. The molecule has 0 aliphatic heterocycles. The second kappa shape index (κ2) is 8.84. The summed E-state index contributed by atoms with van der Waals surface area (Å²) in [5, 5.41) is 2.40. The van der Waals surface area contributed by atoms with E-state index in [1.807, 2.05) is 17.2 Å². The number of amides is 1. The first-order valence-corrected chi connectivity index (χ1v) is 9.86. The van der Waals surface area contributed by atoms with Crippen LogP contribution >= 0.6 is 0 Å². The Bertz CT molecular complexity index is 860. The molecule has 138 valence electrons. The molecule has 0 fully saturated rings. The van der Waals surface area contributed by atoms with E-state index >= 15 is 0 Å². The minimum Gasteiger partial charge on any atom is -0.353 e. The lowest BCUT2D eigenvalue weighted by molar-refractivity contribution is -0.131. The molecule has 26 heavy (non-hydrogen) atoms. The van der Waals surface area contributed by atoms with Crippen molar-refractivity contribution in [2.75, 3.05) is 13.1 Å². The predicted molar refractivity (Wildman–Crippen MR) is 108 cm³/mol. The van der Waals surface area contributed by atoms with Gasteiger partial charge in [0.2, 0.25) is 5.91 Å². The number of aryl methyl sites for hydroxylation is 1. The van der Waals surface area contributed by atoms with Crippen LogP contribution in [0.3, 0.4) is 0 Å². The van der Waals surface area contributed by atoms with Crippen LogP contribution in [0.4, 0.5) is 0 Å². The zero-order chi connectivity index (χ0) is 18.4. The van der Waals surface area contributed by atoms with Crippen molar-refractivity contribution in [1.29, 1.82) is 0 Å². The van der Waals surface area contributed by atoms with Gasteiger partial charge in [0.25, 0.3) is 0 Å². The molecule has 0 radical (unpaired) electrons. The Labute approximate surface area is 155 Å². The van der Waals surface area contributed by atoms with E-state index in [1.165, 1.54) is 10.8 Å². The zero-order valence-electron chi connectivity index (χ0n) is 15.9. The maximum absolute atomic E-state index is 12.6. The number of aromatic nitrogens is 2. The van der Waals surface area contributed by atoms with Crippen molar-refractivity contribution >= 4 is 27.7 Å². The predicted octanol–water partition coefficient (Wildman–Crippen LogP) is 5.08. The number of para-hydroxylation sites is 1. The van der Waals surface area contributed by atoms with Crippen molar-refractivity contribution in [1.82, 2.24) is 14.9 Å². The van der Waals surface area contributed by atoms with Crippen LogP contribution < -0.4 is 0 Å². The van der Waals surface area contributed by atoms with E-state index in [2.05, 4.69) is 48.1 Å². The van der Waals surface area contributed by atoms with Gasteiger partial charge in [-0.3, -0.25) is 9.78 Å². The molecule has 0 spiro atoms. The first-order valence-electron chi connectivity index (χ1n) is 9.86. The van der Waals surface area contributed by atoms with E-state index in [0.29, 0.717) is 12.8 Å². The van der Waals surface area contributed by atoms with Gasteiger partial charge in [-0.1, -0.05) is 44.9 Å². The van der Waals surface area contributed by atoms with Crippen molar-refractivity contribution in [3.8, 4) is 0 Å². The van der Waals surface area contributed by atoms with Crippen LogP contribution in [0.5, 0.6) is 0 Å². The van der Waals surface area contributed by atoms with Gasteiger partial charge in [-0.2, -0.15) is 0 Å². The molecular weight excluding hydrogens is 322 g/mol. The molecule has 2 heterocycles.